The van der Waals surface area contributed by atoms with Crippen molar-refractivity contribution >= 4 is 6.03 Å². The second kappa shape index (κ2) is 7.20. The van der Waals surface area contributed by atoms with Crippen LogP contribution in [0.15, 0.2) is 12.1 Å². The van der Waals surface area contributed by atoms with Crippen molar-refractivity contribution in [2.75, 3.05) is 20.8 Å². The molecule has 1 aromatic carbocycles. The Labute approximate surface area is 127 Å². The lowest BCUT2D eigenvalue weighted by atomic mass is 9.97. The van der Waals surface area contributed by atoms with Gasteiger partial charge < -0.3 is 20.1 Å². The van der Waals surface area contributed by atoms with Crippen LogP contribution in [0.4, 0.5) is 4.79 Å². The Morgan fingerprint density at radius 3 is 2.33 bits per heavy atom. The summed E-state index contributed by atoms with van der Waals surface area (Å²) in [6, 6.07) is 3.59. The first-order chi connectivity index (χ1) is 9.78. The van der Waals surface area contributed by atoms with Crippen LogP contribution in [-0.4, -0.2) is 26.8 Å². The smallest absolute Gasteiger partial charge is 0.315 e. The number of ether oxygens (including phenoxy) is 2. The van der Waals surface area contributed by atoms with Gasteiger partial charge in [-0.25, -0.2) is 4.79 Å². The summed E-state index contributed by atoms with van der Waals surface area (Å²) in [4.78, 5) is 11.8. The number of carbonyl (C=O) groups excluding carboxylic acids is 1. The first-order valence-electron chi connectivity index (χ1n) is 7.00. The summed E-state index contributed by atoms with van der Waals surface area (Å²) in [5.41, 5.74) is 1.90. The third-order valence-electron chi connectivity index (χ3n) is 3.08. The Kier molecular flexibility index (Phi) is 5.88. The molecule has 0 radical (unpaired) electrons. The lowest BCUT2D eigenvalue weighted by Gasteiger charge is -2.19. The van der Waals surface area contributed by atoms with Crippen LogP contribution in [0.5, 0.6) is 11.5 Å². The van der Waals surface area contributed by atoms with E-state index in [2.05, 4.69) is 31.4 Å². The van der Waals surface area contributed by atoms with Crippen LogP contribution in [-0.2, 0) is 6.54 Å². The van der Waals surface area contributed by atoms with E-state index >= 15 is 0 Å². The van der Waals surface area contributed by atoms with Gasteiger partial charge in [-0.15, -0.1) is 0 Å². The minimum Gasteiger partial charge on any atom is -0.496 e. The molecule has 1 rings (SSSR count). The largest absolute Gasteiger partial charge is 0.496 e. The number of rotatable bonds is 5. The number of carbonyl (C=O) groups is 1. The maximum Gasteiger partial charge on any atom is 0.315 e. The van der Waals surface area contributed by atoms with Crippen molar-refractivity contribution in [3.63, 3.8) is 0 Å². The third kappa shape index (κ3) is 5.17. The van der Waals surface area contributed by atoms with Crippen LogP contribution in [0.25, 0.3) is 0 Å². The third-order valence-corrected chi connectivity index (χ3v) is 3.08. The highest BCUT2D eigenvalue weighted by molar-refractivity contribution is 5.74. The van der Waals surface area contributed by atoms with Gasteiger partial charge in [-0.2, -0.15) is 0 Å². The number of benzene rings is 1. The fourth-order valence-electron chi connectivity index (χ4n) is 1.96. The maximum atomic E-state index is 11.8. The van der Waals surface area contributed by atoms with Crippen LogP contribution >= 0.6 is 0 Å². The molecule has 5 nitrogen and oxygen atoms in total. The number of hydrogen-bond donors (Lipinski definition) is 2. The second-order valence-corrected chi connectivity index (χ2v) is 6.18. The molecule has 21 heavy (non-hydrogen) atoms. The average molecular weight is 294 g/mol. The van der Waals surface area contributed by atoms with Gasteiger partial charge in [0.25, 0.3) is 0 Å². The van der Waals surface area contributed by atoms with Gasteiger partial charge in [0.05, 0.1) is 14.2 Å². The van der Waals surface area contributed by atoms with E-state index in [4.69, 9.17) is 9.47 Å². The van der Waals surface area contributed by atoms with E-state index < -0.39 is 0 Å². The zero-order valence-electron chi connectivity index (χ0n) is 13.8. The molecule has 0 atom stereocenters. The Bertz CT molecular complexity index is 493. The Balaban J connectivity index is 2.67. The topological polar surface area (TPSA) is 59.6 Å². The highest BCUT2D eigenvalue weighted by Crippen LogP contribution is 2.31. The van der Waals surface area contributed by atoms with Crippen molar-refractivity contribution in [2.24, 2.45) is 5.41 Å². The summed E-state index contributed by atoms with van der Waals surface area (Å²) >= 11 is 0. The number of amides is 2. The number of hydrogen-bond acceptors (Lipinski definition) is 3. The summed E-state index contributed by atoms with van der Waals surface area (Å²) in [5.74, 6) is 1.51. The highest BCUT2D eigenvalue weighted by atomic mass is 16.5. The summed E-state index contributed by atoms with van der Waals surface area (Å²) in [6.07, 6.45) is 0. The van der Waals surface area contributed by atoms with Gasteiger partial charge in [0.2, 0.25) is 0 Å². The molecule has 0 aliphatic rings. The molecule has 2 N–H and O–H groups in total. The van der Waals surface area contributed by atoms with Crippen molar-refractivity contribution in [1.29, 1.82) is 0 Å². The quantitative estimate of drug-likeness (QED) is 0.878. The average Bonchev–Trinajstić information content (AvgIpc) is 2.42. The Morgan fingerprint density at radius 1 is 1.14 bits per heavy atom. The van der Waals surface area contributed by atoms with Crippen LogP contribution in [0, 0.1) is 12.3 Å². The molecule has 0 bridgehead atoms. The van der Waals surface area contributed by atoms with Gasteiger partial charge in [0.15, 0.2) is 0 Å². The van der Waals surface area contributed by atoms with Crippen molar-refractivity contribution in [1.82, 2.24) is 10.6 Å². The van der Waals surface area contributed by atoms with E-state index in [0.717, 1.165) is 22.6 Å². The molecule has 1 aromatic rings. The van der Waals surface area contributed by atoms with Crippen LogP contribution in [0.2, 0.25) is 0 Å². The van der Waals surface area contributed by atoms with Crippen LogP contribution in [0.3, 0.4) is 0 Å². The van der Waals surface area contributed by atoms with Crippen molar-refractivity contribution < 1.29 is 14.3 Å². The minimum atomic E-state index is -0.180. The molecule has 0 fully saturated rings. The van der Waals surface area contributed by atoms with Crippen molar-refractivity contribution in [2.45, 2.75) is 34.2 Å². The summed E-state index contributed by atoms with van der Waals surface area (Å²) < 4.78 is 10.7. The van der Waals surface area contributed by atoms with Crippen LogP contribution < -0.4 is 20.1 Å². The zero-order valence-corrected chi connectivity index (χ0v) is 13.8. The van der Waals surface area contributed by atoms with Gasteiger partial charge in [0, 0.05) is 24.2 Å². The van der Waals surface area contributed by atoms with Gasteiger partial charge in [-0.05, 0) is 24.5 Å². The Morgan fingerprint density at radius 2 is 1.81 bits per heavy atom. The van der Waals surface area contributed by atoms with E-state index in [0.29, 0.717) is 13.1 Å². The fraction of sp³-hybridized carbons (Fsp3) is 0.562. The second-order valence-electron chi connectivity index (χ2n) is 6.18. The molecule has 5 heteroatoms. The molecule has 0 aromatic heterocycles. The molecule has 0 aliphatic heterocycles. The van der Waals surface area contributed by atoms with Gasteiger partial charge in [-0.3, -0.25) is 0 Å². The van der Waals surface area contributed by atoms with E-state index in [1.165, 1.54) is 0 Å². The van der Waals surface area contributed by atoms with Crippen molar-refractivity contribution in [3.05, 3.63) is 23.3 Å². The standard InChI is InChI=1S/C16H26N2O3/c1-11-13(20-5)8-7-12(14(11)21-6)9-17-15(19)18-10-16(2,3)4/h7-8H,9-10H2,1-6H3,(H2,17,18,19). The van der Waals surface area contributed by atoms with E-state index in [-0.39, 0.29) is 11.4 Å². The number of urea groups is 1. The molecule has 0 aliphatic carbocycles. The van der Waals surface area contributed by atoms with Gasteiger partial charge in [0.1, 0.15) is 11.5 Å². The van der Waals surface area contributed by atoms with E-state index in [1.54, 1.807) is 14.2 Å². The predicted octanol–water partition coefficient (Wildman–Crippen LogP) is 2.86. The predicted molar refractivity (Wildman–Crippen MR) is 84.0 cm³/mol. The fourth-order valence-corrected chi connectivity index (χ4v) is 1.96. The molecule has 0 unspecified atom stereocenters. The first-order valence-corrected chi connectivity index (χ1v) is 7.00. The maximum absolute atomic E-state index is 11.8. The molecule has 0 saturated carbocycles. The first kappa shape index (κ1) is 17.1. The monoisotopic (exact) mass is 294 g/mol. The minimum absolute atomic E-state index is 0.0612. The van der Waals surface area contributed by atoms with Crippen molar-refractivity contribution in [3.8, 4) is 11.5 Å². The summed E-state index contributed by atoms with van der Waals surface area (Å²) in [7, 11) is 3.24. The highest BCUT2D eigenvalue weighted by Gasteiger charge is 2.14. The van der Waals surface area contributed by atoms with E-state index in [9.17, 15) is 4.79 Å². The number of methoxy groups -OCH3 is 2. The summed E-state index contributed by atoms with van der Waals surface area (Å²) in [5, 5.41) is 5.69. The lowest BCUT2D eigenvalue weighted by Crippen LogP contribution is -2.39. The normalized spacial score (nSPS) is 11.0. The molecule has 0 heterocycles. The molecule has 2 amide bonds. The summed E-state index contributed by atoms with van der Waals surface area (Å²) in [6.45, 7) is 9.18. The zero-order chi connectivity index (χ0) is 16.0. The van der Waals surface area contributed by atoms with E-state index in [1.807, 2.05) is 19.1 Å². The molecule has 0 saturated heterocycles. The molecular weight excluding hydrogens is 268 g/mol. The lowest BCUT2D eigenvalue weighted by molar-refractivity contribution is 0.235. The van der Waals surface area contributed by atoms with Gasteiger partial charge in [-0.1, -0.05) is 20.8 Å². The number of nitrogens with one attached hydrogen (secondary N) is 2. The van der Waals surface area contributed by atoms with Crippen LogP contribution in [0.1, 0.15) is 31.9 Å². The SMILES string of the molecule is COc1ccc(CNC(=O)NCC(C)(C)C)c(OC)c1C. The molecule has 0 spiro atoms. The van der Waals surface area contributed by atoms with Gasteiger partial charge >= 0.3 is 6.03 Å². The Hall–Kier alpha value is -1.91. The molecule has 118 valence electrons. The molecular formula is C16H26N2O3.